The second-order valence-corrected chi connectivity index (χ2v) is 8.66. The van der Waals surface area contributed by atoms with Crippen LogP contribution >= 0.6 is 0 Å². The van der Waals surface area contributed by atoms with Gasteiger partial charge in [0.1, 0.15) is 5.60 Å². The highest BCUT2D eigenvalue weighted by molar-refractivity contribution is 5.80. The zero-order chi connectivity index (χ0) is 22.1. The minimum Gasteiger partial charge on any atom is -0.444 e. The molecule has 1 saturated heterocycles. The molecule has 1 aliphatic heterocycles. The van der Waals surface area contributed by atoms with Crippen molar-refractivity contribution in [3.05, 3.63) is 35.4 Å². The molecule has 1 aliphatic rings. The highest BCUT2D eigenvalue weighted by atomic mass is 16.6. The molecule has 0 radical (unpaired) electrons. The number of ether oxygens (including phenoxy) is 1. The van der Waals surface area contributed by atoms with Crippen LogP contribution in [0, 0.1) is 17.2 Å². The summed E-state index contributed by atoms with van der Waals surface area (Å²) >= 11 is 0. The number of nitrogens with zero attached hydrogens (tertiary/aromatic N) is 4. The molecular formula is C23H35N5O2. The summed E-state index contributed by atoms with van der Waals surface area (Å²) in [5.74, 6) is 1.33. The van der Waals surface area contributed by atoms with Gasteiger partial charge in [-0.1, -0.05) is 12.1 Å². The lowest BCUT2D eigenvalue weighted by Gasteiger charge is -2.36. The van der Waals surface area contributed by atoms with Crippen molar-refractivity contribution in [2.75, 3.05) is 33.2 Å². The van der Waals surface area contributed by atoms with Gasteiger partial charge in [0, 0.05) is 39.8 Å². The van der Waals surface area contributed by atoms with Crippen LogP contribution in [0.25, 0.3) is 0 Å². The van der Waals surface area contributed by atoms with E-state index in [2.05, 4.69) is 21.3 Å². The molecule has 0 spiro atoms. The number of piperidine rings is 1. The fourth-order valence-electron chi connectivity index (χ4n) is 3.56. The number of guanidine groups is 1. The van der Waals surface area contributed by atoms with E-state index in [0.717, 1.165) is 44.0 Å². The van der Waals surface area contributed by atoms with Crippen LogP contribution in [0.1, 0.15) is 51.7 Å². The third kappa shape index (κ3) is 7.25. The molecular weight excluding hydrogens is 378 g/mol. The Balaban J connectivity index is 1.84. The van der Waals surface area contributed by atoms with Gasteiger partial charge in [-0.2, -0.15) is 5.26 Å². The van der Waals surface area contributed by atoms with Gasteiger partial charge in [0.05, 0.1) is 11.6 Å². The van der Waals surface area contributed by atoms with E-state index in [1.54, 1.807) is 18.0 Å². The van der Waals surface area contributed by atoms with Gasteiger partial charge in [-0.15, -0.1) is 0 Å². The van der Waals surface area contributed by atoms with Crippen LogP contribution in [-0.2, 0) is 11.3 Å². The molecule has 1 aromatic carbocycles. The van der Waals surface area contributed by atoms with Crippen molar-refractivity contribution in [3.8, 4) is 6.07 Å². The van der Waals surface area contributed by atoms with Crippen LogP contribution in [0.3, 0.4) is 0 Å². The summed E-state index contributed by atoms with van der Waals surface area (Å²) in [4.78, 5) is 20.9. The number of likely N-dealkylation sites (tertiary alicyclic amines) is 1. The van der Waals surface area contributed by atoms with Crippen LogP contribution in [0.15, 0.2) is 29.3 Å². The number of hydrogen-bond acceptors (Lipinski definition) is 4. The predicted octanol–water partition coefficient (Wildman–Crippen LogP) is 3.60. The zero-order valence-corrected chi connectivity index (χ0v) is 18.9. The number of amides is 1. The van der Waals surface area contributed by atoms with Crippen molar-refractivity contribution in [1.29, 1.82) is 5.26 Å². The van der Waals surface area contributed by atoms with Gasteiger partial charge in [-0.25, -0.2) is 4.79 Å². The summed E-state index contributed by atoms with van der Waals surface area (Å²) in [7, 11) is 1.79. The Bertz CT molecular complexity index is 771. The maximum atomic E-state index is 12.4. The van der Waals surface area contributed by atoms with E-state index in [1.807, 2.05) is 45.9 Å². The number of rotatable bonds is 5. The Labute approximate surface area is 180 Å². The quantitative estimate of drug-likeness (QED) is 0.589. The monoisotopic (exact) mass is 413 g/mol. The second-order valence-electron chi connectivity index (χ2n) is 8.66. The first-order valence-electron chi connectivity index (χ1n) is 10.7. The van der Waals surface area contributed by atoms with Gasteiger partial charge in [-0.3, -0.25) is 4.99 Å². The molecule has 0 bridgehead atoms. The third-order valence-electron chi connectivity index (χ3n) is 5.14. The van der Waals surface area contributed by atoms with Crippen molar-refractivity contribution < 1.29 is 9.53 Å². The smallest absolute Gasteiger partial charge is 0.410 e. The fraction of sp³-hybridized carbons (Fsp3) is 0.609. The number of carbonyl (C=O) groups excluding carboxylic acids is 1. The first-order valence-corrected chi connectivity index (χ1v) is 10.7. The van der Waals surface area contributed by atoms with E-state index in [0.29, 0.717) is 24.6 Å². The van der Waals surface area contributed by atoms with Crippen molar-refractivity contribution in [1.82, 2.24) is 15.1 Å². The van der Waals surface area contributed by atoms with Crippen molar-refractivity contribution in [2.24, 2.45) is 10.9 Å². The molecule has 0 saturated carbocycles. The Morgan fingerprint density at radius 1 is 1.37 bits per heavy atom. The standard InChI is InChI=1S/C23H35N5O2/c1-6-27(22(29)30-23(2,3)4)17-18-10-12-28(13-11-18)21(25-5)26-16-20-9-7-8-19(14-20)15-24/h7-9,14,18H,6,10-13,16-17H2,1-5H3,(H,25,26). The number of benzene rings is 1. The number of nitrogens with one attached hydrogen (secondary N) is 1. The molecule has 30 heavy (non-hydrogen) atoms. The minimum atomic E-state index is -0.473. The third-order valence-corrected chi connectivity index (χ3v) is 5.14. The Morgan fingerprint density at radius 3 is 2.63 bits per heavy atom. The van der Waals surface area contributed by atoms with Gasteiger partial charge in [0.15, 0.2) is 5.96 Å². The molecule has 7 nitrogen and oxygen atoms in total. The van der Waals surface area contributed by atoms with Gasteiger partial charge in [0.25, 0.3) is 0 Å². The Hall–Kier alpha value is -2.75. The van der Waals surface area contributed by atoms with E-state index in [-0.39, 0.29) is 6.09 Å². The fourth-order valence-corrected chi connectivity index (χ4v) is 3.56. The summed E-state index contributed by atoms with van der Waals surface area (Å²) in [5.41, 5.74) is 1.25. The lowest BCUT2D eigenvalue weighted by Crippen LogP contribution is -2.47. The van der Waals surface area contributed by atoms with E-state index in [4.69, 9.17) is 10.00 Å². The number of nitriles is 1. The molecule has 1 aromatic rings. The lowest BCUT2D eigenvalue weighted by molar-refractivity contribution is 0.0214. The summed E-state index contributed by atoms with van der Waals surface area (Å²) in [6.45, 7) is 11.5. The molecule has 0 unspecified atom stereocenters. The van der Waals surface area contributed by atoms with Gasteiger partial charge >= 0.3 is 6.09 Å². The summed E-state index contributed by atoms with van der Waals surface area (Å²) < 4.78 is 5.53. The number of carbonyl (C=O) groups is 1. The van der Waals surface area contributed by atoms with Gasteiger partial charge in [-0.05, 0) is 64.2 Å². The van der Waals surface area contributed by atoms with Crippen LogP contribution in [0.2, 0.25) is 0 Å². The normalized spacial score (nSPS) is 15.5. The first-order chi connectivity index (χ1) is 14.3. The average molecular weight is 414 g/mol. The van der Waals surface area contributed by atoms with Crippen molar-refractivity contribution >= 4 is 12.1 Å². The average Bonchev–Trinajstić information content (AvgIpc) is 2.72. The van der Waals surface area contributed by atoms with Crippen molar-refractivity contribution in [2.45, 2.75) is 52.7 Å². The zero-order valence-electron chi connectivity index (χ0n) is 18.9. The maximum Gasteiger partial charge on any atom is 0.410 e. The SMILES string of the molecule is CCN(CC1CCN(C(=NC)NCc2cccc(C#N)c2)CC1)C(=O)OC(C)(C)C. The van der Waals surface area contributed by atoms with E-state index >= 15 is 0 Å². The molecule has 0 aromatic heterocycles. The van der Waals surface area contributed by atoms with E-state index in [9.17, 15) is 4.79 Å². The summed E-state index contributed by atoms with van der Waals surface area (Å²) in [6.07, 6.45) is 1.78. The predicted molar refractivity (Wildman–Crippen MR) is 119 cm³/mol. The Kier molecular flexibility index (Phi) is 8.52. The molecule has 0 atom stereocenters. The molecule has 0 aliphatic carbocycles. The largest absolute Gasteiger partial charge is 0.444 e. The summed E-state index contributed by atoms with van der Waals surface area (Å²) in [5, 5.41) is 12.4. The lowest BCUT2D eigenvalue weighted by atomic mass is 9.96. The van der Waals surface area contributed by atoms with Crippen LogP contribution in [0.4, 0.5) is 4.79 Å². The first kappa shape index (κ1) is 23.5. The maximum absolute atomic E-state index is 12.4. The minimum absolute atomic E-state index is 0.232. The van der Waals surface area contributed by atoms with E-state index < -0.39 is 5.60 Å². The van der Waals surface area contributed by atoms with Crippen LogP contribution in [0.5, 0.6) is 0 Å². The Morgan fingerprint density at radius 2 is 2.07 bits per heavy atom. The molecule has 1 heterocycles. The summed E-state index contributed by atoms with van der Waals surface area (Å²) in [6, 6.07) is 9.77. The highest BCUT2D eigenvalue weighted by Gasteiger charge is 2.27. The highest BCUT2D eigenvalue weighted by Crippen LogP contribution is 2.20. The molecule has 1 fully saturated rings. The van der Waals surface area contributed by atoms with Gasteiger partial charge in [0.2, 0.25) is 0 Å². The van der Waals surface area contributed by atoms with Crippen molar-refractivity contribution in [3.63, 3.8) is 0 Å². The molecule has 1 amide bonds. The topological polar surface area (TPSA) is 81.0 Å². The van der Waals surface area contributed by atoms with Gasteiger partial charge < -0.3 is 19.9 Å². The molecule has 7 heteroatoms. The van der Waals surface area contributed by atoms with Crippen LogP contribution in [-0.4, -0.2) is 60.7 Å². The second kappa shape index (κ2) is 10.9. The molecule has 2 rings (SSSR count). The molecule has 1 N–H and O–H groups in total. The number of hydrogen-bond donors (Lipinski definition) is 1. The molecule has 164 valence electrons. The number of aliphatic imine (C=N–C) groups is 1. The van der Waals surface area contributed by atoms with Crippen LogP contribution < -0.4 is 5.32 Å². The van der Waals surface area contributed by atoms with E-state index in [1.165, 1.54) is 0 Å².